The Morgan fingerprint density at radius 2 is 1.74 bits per heavy atom. The van der Waals surface area contributed by atoms with Gasteiger partial charge in [0.2, 0.25) is 10.8 Å². The number of aromatic nitrogens is 5. The van der Waals surface area contributed by atoms with E-state index in [0.717, 1.165) is 38.0 Å². The second kappa shape index (κ2) is 4.76. The molecule has 0 aliphatic rings. The zero-order valence-electron chi connectivity index (χ0n) is 12.0. The first-order valence-corrected chi connectivity index (χ1v) is 8.06. The molecule has 6 heteroatoms. The number of rotatable bonds is 2. The largest absolute Gasteiger partial charge is 0.352 e. The molecular weight excluding hydrogens is 306 g/mol. The molecule has 0 saturated carbocycles. The van der Waals surface area contributed by atoms with Crippen molar-refractivity contribution in [1.29, 1.82) is 0 Å². The Balaban J connectivity index is 1.68. The van der Waals surface area contributed by atoms with Gasteiger partial charge < -0.3 is 4.98 Å². The van der Waals surface area contributed by atoms with Gasteiger partial charge in [0.15, 0.2) is 0 Å². The molecule has 0 radical (unpaired) electrons. The van der Waals surface area contributed by atoms with Gasteiger partial charge in [-0.1, -0.05) is 59.9 Å². The summed E-state index contributed by atoms with van der Waals surface area (Å²) in [4.78, 5) is 4.17. The van der Waals surface area contributed by atoms with Crippen molar-refractivity contribution in [2.75, 3.05) is 0 Å². The molecule has 0 unspecified atom stereocenters. The van der Waals surface area contributed by atoms with Crippen LogP contribution in [0.5, 0.6) is 0 Å². The summed E-state index contributed by atoms with van der Waals surface area (Å²) in [7, 11) is 0. The molecule has 0 aliphatic carbocycles. The highest BCUT2D eigenvalue weighted by Gasteiger charge is 2.15. The van der Waals surface area contributed by atoms with Gasteiger partial charge in [0.1, 0.15) is 5.01 Å². The summed E-state index contributed by atoms with van der Waals surface area (Å²) in [5.74, 6) is 0.731. The number of para-hydroxylation sites is 1. The number of nitrogens with zero attached hydrogens (tertiary/aromatic N) is 4. The van der Waals surface area contributed by atoms with Gasteiger partial charge in [0.05, 0.1) is 5.69 Å². The summed E-state index contributed by atoms with van der Waals surface area (Å²) in [5.41, 5.74) is 3.09. The van der Waals surface area contributed by atoms with Crippen LogP contribution in [0.2, 0.25) is 0 Å². The average molecular weight is 317 g/mol. The Morgan fingerprint density at radius 3 is 2.61 bits per heavy atom. The van der Waals surface area contributed by atoms with Crippen LogP contribution in [0.4, 0.5) is 0 Å². The van der Waals surface area contributed by atoms with E-state index >= 15 is 0 Å². The van der Waals surface area contributed by atoms with Crippen LogP contribution in [0.15, 0.2) is 60.7 Å². The normalized spacial score (nSPS) is 11.5. The third kappa shape index (κ3) is 1.96. The van der Waals surface area contributed by atoms with Gasteiger partial charge in [-0.2, -0.15) is 9.61 Å². The van der Waals surface area contributed by atoms with Crippen LogP contribution in [-0.2, 0) is 0 Å². The van der Waals surface area contributed by atoms with Gasteiger partial charge in [0, 0.05) is 16.5 Å². The quantitative estimate of drug-likeness (QED) is 0.535. The zero-order chi connectivity index (χ0) is 15.2. The van der Waals surface area contributed by atoms with Crippen molar-refractivity contribution in [1.82, 2.24) is 24.8 Å². The third-order valence-electron chi connectivity index (χ3n) is 3.78. The first-order chi connectivity index (χ1) is 11.4. The highest BCUT2D eigenvalue weighted by molar-refractivity contribution is 7.19. The van der Waals surface area contributed by atoms with Gasteiger partial charge in [-0.05, 0) is 12.1 Å². The van der Waals surface area contributed by atoms with Crippen molar-refractivity contribution < 1.29 is 0 Å². The Bertz CT molecular complexity index is 1090. The van der Waals surface area contributed by atoms with Crippen LogP contribution in [0.25, 0.3) is 38.0 Å². The molecule has 2 aromatic carbocycles. The summed E-state index contributed by atoms with van der Waals surface area (Å²) in [6.07, 6.45) is 0. The van der Waals surface area contributed by atoms with Gasteiger partial charge in [-0.25, -0.2) is 0 Å². The summed E-state index contributed by atoms with van der Waals surface area (Å²) >= 11 is 1.54. The number of benzene rings is 2. The molecule has 23 heavy (non-hydrogen) atoms. The van der Waals surface area contributed by atoms with Crippen LogP contribution >= 0.6 is 11.3 Å². The smallest absolute Gasteiger partial charge is 0.235 e. The van der Waals surface area contributed by atoms with E-state index in [2.05, 4.69) is 32.4 Å². The van der Waals surface area contributed by atoms with Crippen molar-refractivity contribution in [3.8, 4) is 22.1 Å². The monoisotopic (exact) mass is 317 g/mol. The Hall–Kier alpha value is -2.99. The summed E-state index contributed by atoms with van der Waals surface area (Å²) in [6, 6.07) is 20.4. The average Bonchev–Trinajstić information content (AvgIpc) is 3.28. The molecule has 3 aromatic heterocycles. The Kier molecular flexibility index (Phi) is 2.59. The number of H-pyrrole nitrogens is 1. The highest BCUT2D eigenvalue weighted by Crippen LogP contribution is 2.28. The molecule has 1 N–H and O–H groups in total. The van der Waals surface area contributed by atoms with Gasteiger partial charge in [-0.3, -0.25) is 0 Å². The minimum absolute atomic E-state index is 0.731. The Labute approximate surface area is 135 Å². The summed E-state index contributed by atoms with van der Waals surface area (Å²) in [6.45, 7) is 0. The van der Waals surface area contributed by atoms with Crippen LogP contribution in [-0.4, -0.2) is 24.8 Å². The number of hydrogen-bond acceptors (Lipinski definition) is 4. The zero-order valence-corrected chi connectivity index (χ0v) is 12.8. The standard InChI is InChI=1S/C17H11N5S/c1-2-6-11(7-3-1)16-21-22-15(19-20-17(22)23-16)14-10-12-8-4-5-9-13(12)18-14/h1-10,18H. The maximum Gasteiger partial charge on any atom is 0.235 e. The van der Waals surface area contributed by atoms with E-state index in [-0.39, 0.29) is 0 Å². The molecule has 0 aliphatic heterocycles. The summed E-state index contributed by atoms with van der Waals surface area (Å²) in [5, 5.41) is 15.3. The summed E-state index contributed by atoms with van der Waals surface area (Å²) < 4.78 is 1.80. The second-order valence-corrected chi connectivity index (χ2v) is 6.22. The van der Waals surface area contributed by atoms with E-state index in [1.807, 2.05) is 48.5 Å². The lowest BCUT2D eigenvalue weighted by molar-refractivity contribution is 0.965. The van der Waals surface area contributed by atoms with E-state index in [9.17, 15) is 0 Å². The number of nitrogens with one attached hydrogen (secondary N) is 1. The van der Waals surface area contributed by atoms with Gasteiger partial charge in [0.25, 0.3) is 0 Å². The van der Waals surface area contributed by atoms with E-state index in [4.69, 9.17) is 0 Å². The molecule has 5 aromatic rings. The topological polar surface area (TPSA) is 58.9 Å². The van der Waals surface area contributed by atoms with Crippen LogP contribution in [0.1, 0.15) is 0 Å². The number of fused-ring (bicyclic) bond motifs is 2. The molecule has 0 bridgehead atoms. The lowest BCUT2D eigenvalue weighted by Crippen LogP contribution is -1.90. The van der Waals surface area contributed by atoms with E-state index in [1.54, 1.807) is 4.52 Å². The van der Waals surface area contributed by atoms with Crippen molar-refractivity contribution in [3.63, 3.8) is 0 Å². The molecule has 0 spiro atoms. The van der Waals surface area contributed by atoms with Crippen LogP contribution < -0.4 is 0 Å². The highest BCUT2D eigenvalue weighted by atomic mass is 32.1. The fourth-order valence-electron chi connectivity index (χ4n) is 2.68. The van der Waals surface area contributed by atoms with Gasteiger partial charge in [-0.15, -0.1) is 10.2 Å². The van der Waals surface area contributed by atoms with Crippen LogP contribution in [0.3, 0.4) is 0 Å². The molecule has 5 nitrogen and oxygen atoms in total. The maximum absolute atomic E-state index is 4.68. The lowest BCUT2D eigenvalue weighted by atomic mass is 10.2. The minimum atomic E-state index is 0.731. The fourth-order valence-corrected chi connectivity index (χ4v) is 3.52. The molecule has 0 saturated heterocycles. The second-order valence-electron chi connectivity index (χ2n) is 5.26. The van der Waals surface area contributed by atoms with Gasteiger partial charge >= 0.3 is 0 Å². The third-order valence-corrected chi connectivity index (χ3v) is 4.73. The molecule has 0 atom stereocenters. The SMILES string of the molecule is c1ccc(-c2nn3c(-c4cc5ccccc5[nH]4)nnc3s2)cc1. The minimum Gasteiger partial charge on any atom is -0.352 e. The van der Waals surface area contributed by atoms with Crippen molar-refractivity contribution in [3.05, 3.63) is 60.7 Å². The first kappa shape index (κ1) is 12.5. The molecule has 0 amide bonds. The van der Waals surface area contributed by atoms with Crippen molar-refractivity contribution in [2.45, 2.75) is 0 Å². The van der Waals surface area contributed by atoms with E-state index < -0.39 is 0 Å². The van der Waals surface area contributed by atoms with E-state index in [1.165, 1.54) is 11.3 Å². The number of aromatic amines is 1. The molecule has 110 valence electrons. The van der Waals surface area contributed by atoms with Crippen molar-refractivity contribution in [2.24, 2.45) is 0 Å². The number of hydrogen-bond donors (Lipinski definition) is 1. The molecule has 0 fully saturated rings. The van der Waals surface area contributed by atoms with E-state index in [0.29, 0.717) is 0 Å². The molecule has 5 rings (SSSR count). The molecule has 3 heterocycles. The molecular formula is C17H11N5S. The maximum atomic E-state index is 4.68. The predicted octanol–water partition coefficient (Wildman–Crippen LogP) is 4.00. The first-order valence-electron chi connectivity index (χ1n) is 7.24. The van der Waals surface area contributed by atoms with Crippen molar-refractivity contribution >= 4 is 27.2 Å². The van der Waals surface area contributed by atoms with Crippen LogP contribution in [0, 0.1) is 0 Å². The lowest BCUT2D eigenvalue weighted by Gasteiger charge is -1.94. The predicted molar refractivity (Wildman–Crippen MR) is 91.4 cm³/mol. The fraction of sp³-hybridized carbons (Fsp3) is 0. The Morgan fingerprint density at radius 1 is 0.913 bits per heavy atom.